The lowest BCUT2D eigenvalue weighted by atomic mass is 10.1. The number of methoxy groups -OCH3 is 1. The van der Waals surface area contributed by atoms with Crippen LogP contribution in [0.2, 0.25) is 0 Å². The summed E-state index contributed by atoms with van der Waals surface area (Å²) in [6.07, 6.45) is 3.15. The normalized spacial score (nSPS) is 18.8. The molecule has 174 valence electrons. The largest absolute Gasteiger partial charge is 0.504 e. The lowest BCUT2D eigenvalue weighted by molar-refractivity contribution is -0.149. The summed E-state index contributed by atoms with van der Waals surface area (Å²) in [5.41, 5.74) is 1.51. The Labute approximate surface area is 197 Å². The van der Waals surface area contributed by atoms with Gasteiger partial charge < -0.3 is 19.5 Å². The zero-order chi connectivity index (χ0) is 23.8. The maximum Gasteiger partial charge on any atom is 0.326 e. The first kappa shape index (κ1) is 24.4. The number of nitrogens with zero attached hydrogens (tertiary/aromatic N) is 1. The first-order valence-electron chi connectivity index (χ1n) is 10.6. The van der Waals surface area contributed by atoms with E-state index in [4.69, 9.17) is 9.47 Å². The quantitative estimate of drug-likeness (QED) is 0.556. The van der Waals surface area contributed by atoms with Gasteiger partial charge in [-0.25, -0.2) is 4.79 Å². The lowest BCUT2D eigenvalue weighted by Gasteiger charge is -2.24. The van der Waals surface area contributed by atoms with Crippen molar-refractivity contribution in [1.82, 2.24) is 4.90 Å². The molecule has 33 heavy (non-hydrogen) atoms. The molecular formula is C25H27NO6S. The van der Waals surface area contributed by atoms with Crippen LogP contribution >= 0.6 is 11.8 Å². The van der Waals surface area contributed by atoms with Crippen LogP contribution in [0.1, 0.15) is 29.3 Å². The maximum absolute atomic E-state index is 13.0. The van der Waals surface area contributed by atoms with Crippen molar-refractivity contribution in [2.75, 3.05) is 19.4 Å². The van der Waals surface area contributed by atoms with Crippen LogP contribution in [0.4, 0.5) is 0 Å². The van der Waals surface area contributed by atoms with Gasteiger partial charge in [0, 0.05) is 23.7 Å². The molecular weight excluding hydrogens is 442 g/mol. The summed E-state index contributed by atoms with van der Waals surface area (Å²) in [4.78, 5) is 38.5. The van der Waals surface area contributed by atoms with Crippen molar-refractivity contribution in [3.63, 3.8) is 0 Å². The Balaban J connectivity index is 1.59. The average Bonchev–Trinajstić information content (AvgIpc) is 3.26. The number of thioether (sulfide) groups is 1. The molecule has 0 radical (unpaired) electrons. The number of aliphatic carboxylic acids is 1. The molecule has 1 saturated heterocycles. The topological polar surface area (TPSA) is 93.1 Å². The highest BCUT2D eigenvalue weighted by atomic mass is 32.2. The second-order valence-corrected chi connectivity index (χ2v) is 8.79. The van der Waals surface area contributed by atoms with Crippen LogP contribution in [-0.4, -0.2) is 58.6 Å². The molecule has 0 saturated carbocycles. The number of likely N-dealkylation sites (tertiary alicyclic amines) is 1. The molecule has 1 N–H and O–H groups in total. The summed E-state index contributed by atoms with van der Waals surface area (Å²) in [6, 6.07) is 15.2. The first-order valence-corrected chi connectivity index (χ1v) is 11.6. The number of ether oxygens (including phenoxy) is 2. The summed E-state index contributed by atoms with van der Waals surface area (Å²) in [5.74, 6) is -0.978. The van der Waals surface area contributed by atoms with E-state index in [2.05, 4.69) is 0 Å². The molecule has 2 aromatic rings. The molecule has 1 aliphatic heterocycles. The van der Waals surface area contributed by atoms with E-state index < -0.39 is 24.0 Å². The molecule has 7 nitrogen and oxygen atoms in total. The van der Waals surface area contributed by atoms with Crippen LogP contribution < -0.4 is 4.74 Å². The van der Waals surface area contributed by atoms with Crippen LogP contribution in [0, 0.1) is 5.92 Å². The smallest absolute Gasteiger partial charge is 0.326 e. The number of amides is 1. The van der Waals surface area contributed by atoms with Crippen LogP contribution in [0.5, 0.6) is 5.75 Å². The number of carboxylic acid groups (broad SMARTS) is 1. The van der Waals surface area contributed by atoms with Gasteiger partial charge in [0.05, 0.1) is 19.9 Å². The van der Waals surface area contributed by atoms with Crippen LogP contribution in [-0.2, 0) is 14.3 Å². The van der Waals surface area contributed by atoms with E-state index in [1.165, 1.54) is 4.90 Å². The minimum atomic E-state index is -1.06. The van der Waals surface area contributed by atoms with Crippen molar-refractivity contribution >= 4 is 34.8 Å². The molecule has 1 fully saturated rings. The Kier molecular flexibility index (Phi) is 8.54. The monoisotopic (exact) mass is 469 g/mol. The van der Waals surface area contributed by atoms with Gasteiger partial charge in [0.25, 0.3) is 0 Å². The molecule has 1 aliphatic rings. The van der Waals surface area contributed by atoms with Gasteiger partial charge in [-0.2, -0.15) is 0 Å². The second kappa shape index (κ2) is 11.6. The molecule has 8 heteroatoms. The van der Waals surface area contributed by atoms with Gasteiger partial charge in [0.1, 0.15) is 17.9 Å². The Hall–Kier alpha value is -3.26. The summed E-state index contributed by atoms with van der Waals surface area (Å²) in [7, 11) is 1.57. The molecule has 1 unspecified atom stereocenters. The van der Waals surface area contributed by atoms with Crippen molar-refractivity contribution in [3.8, 4) is 5.75 Å². The maximum atomic E-state index is 13.0. The predicted octanol–water partition coefficient (Wildman–Crippen LogP) is 3.95. The number of carbonyl (C=O) groups excluding carboxylic acids is 2. The third kappa shape index (κ3) is 6.61. The summed E-state index contributed by atoms with van der Waals surface area (Å²) < 4.78 is 10.9. The molecule has 0 bridgehead atoms. The van der Waals surface area contributed by atoms with E-state index in [0.717, 1.165) is 17.3 Å². The van der Waals surface area contributed by atoms with Crippen molar-refractivity contribution < 1.29 is 29.0 Å². The summed E-state index contributed by atoms with van der Waals surface area (Å²) in [6.45, 7) is 1.90. The van der Waals surface area contributed by atoms with E-state index in [-0.39, 0.29) is 29.7 Å². The number of carboxylic acids is 1. The molecule has 0 spiro atoms. The van der Waals surface area contributed by atoms with Gasteiger partial charge in [-0.05, 0) is 23.8 Å². The molecule has 3 atom stereocenters. The Morgan fingerprint density at radius 2 is 1.85 bits per heavy atom. The SMILES string of the molecule is CO/C=C/c1ccc(OC2C[C@@H](C(=O)O)N(C(=O)[C@H](C)CSC(=O)c3ccccc3)C2)cc1. The van der Waals surface area contributed by atoms with Crippen molar-refractivity contribution in [1.29, 1.82) is 0 Å². The predicted molar refractivity (Wildman–Crippen MR) is 127 cm³/mol. The van der Waals surface area contributed by atoms with E-state index in [1.54, 1.807) is 56.7 Å². The van der Waals surface area contributed by atoms with Crippen molar-refractivity contribution in [2.45, 2.75) is 25.5 Å². The zero-order valence-electron chi connectivity index (χ0n) is 18.5. The van der Waals surface area contributed by atoms with E-state index in [1.807, 2.05) is 24.3 Å². The van der Waals surface area contributed by atoms with Gasteiger partial charge in [-0.1, -0.05) is 61.2 Å². The van der Waals surface area contributed by atoms with Gasteiger partial charge in [0.2, 0.25) is 11.0 Å². The molecule has 2 aromatic carbocycles. The van der Waals surface area contributed by atoms with Gasteiger partial charge in [-0.15, -0.1) is 0 Å². The lowest BCUT2D eigenvalue weighted by Crippen LogP contribution is -2.43. The minimum Gasteiger partial charge on any atom is -0.504 e. The molecule has 1 amide bonds. The number of hydrogen-bond acceptors (Lipinski definition) is 6. The van der Waals surface area contributed by atoms with Gasteiger partial charge in [0.15, 0.2) is 0 Å². The third-order valence-corrected chi connectivity index (χ3v) is 6.47. The third-order valence-electron chi connectivity index (χ3n) is 5.31. The van der Waals surface area contributed by atoms with Crippen LogP contribution in [0.25, 0.3) is 6.08 Å². The van der Waals surface area contributed by atoms with Crippen molar-refractivity contribution in [3.05, 3.63) is 72.0 Å². The number of hydrogen-bond donors (Lipinski definition) is 1. The van der Waals surface area contributed by atoms with Crippen LogP contribution in [0.3, 0.4) is 0 Å². The van der Waals surface area contributed by atoms with Gasteiger partial charge in [-0.3, -0.25) is 9.59 Å². The van der Waals surface area contributed by atoms with E-state index in [9.17, 15) is 19.5 Å². The summed E-state index contributed by atoms with van der Waals surface area (Å²) in [5, 5.41) is 9.54. The van der Waals surface area contributed by atoms with Gasteiger partial charge >= 0.3 is 5.97 Å². The number of rotatable bonds is 9. The Morgan fingerprint density at radius 3 is 2.48 bits per heavy atom. The van der Waals surface area contributed by atoms with Crippen molar-refractivity contribution in [2.24, 2.45) is 5.92 Å². The molecule has 3 rings (SSSR count). The first-order chi connectivity index (χ1) is 15.9. The van der Waals surface area contributed by atoms with E-state index in [0.29, 0.717) is 11.3 Å². The average molecular weight is 470 g/mol. The summed E-state index contributed by atoms with van der Waals surface area (Å²) >= 11 is 1.07. The van der Waals surface area contributed by atoms with E-state index >= 15 is 0 Å². The highest BCUT2D eigenvalue weighted by molar-refractivity contribution is 8.14. The zero-order valence-corrected chi connectivity index (χ0v) is 19.4. The highest BCUT2D eigenvalue weighted by Gasteiger charge is 2.42. The number of benzene rings is 2. The Bertz CT molecular complexity index is 992. The fraction of sp³-hybridized carbons (Fsp3) is 0.320. The van der Waals surface area contributed by atoms with Crippen LogP contribution in [0.15, 0.2) is 60.9 Å². The minimum absolute atomic E-state index is 0.114. The highest BCUT2D eigenvalue weighted by Crippen LogP contribution is 2.27. The molecule has 0 aliphatic carbocycles. The fourth-order valence-corrected chi connectivity index (χ4v) is 4.42. The second-order valence-electron chi connectivity index (χ2n) is 7.79. The fourth-order valence-electron chi connectivity index (χ4n) is 3.57. The standard InChI is InChI=1S/C25H27NO6S/c1-17(16-33-25(30)19-6-4-3-5-7-19)23(27)26-15-21(14-22(26)24(28)29)32-20-10-8-18(9-11-20)12-13-31-2/h3-13,17,21-22H,14-16H2,1-2H3,(H,28,29)/b13-12+/t17-,21?,22+/m1/s1. The number of carbonyl (C=O) groups is 3. The Morgan fingerprint density at radius 1 is 1.15 bits per heavy atom. The molecule has 0 aromatic heterocycles. The molecule has 1 heterocycles.